The van der Waals surface area contributed by atoms with Crippen molar-refractivity contribution in [2.24, 2.45) is 0 Å². The van der Waals surface area contributed by atoms with Gasteiger partial charge in [0.2, 0.25) is 17.8 Å². The highest BCUT2D eigenvalue weighted by Gasteiger charge is 2.42. The first-order valence-electron chi connectivity index (χ1n) is 16.8. The first kappa shape index (κ1) is 40.1. The van der Waals surface area contributed by atoms with Crippen molar-refractivity contribution in [3.05, 3.63) is 87.9 Å². The number of likely N-dealkylation sites (N-methyl/N-ethyl adjacent to an activating group) is 1. The third-order valence-corrected chi connectivity index (χ3v) is 10.6. The molecule has 3 heterocycles. The van der Waals surface area contributed by atoms with Gasteiger partial charge in [-0.2, -0.15) is 9.65 Å². The normalized spacial score (nSPS) is 14.6. The Balaban J connectivity index is 1.49. The number of furan rings is 1. The molecule has 0 aliphatic carbocycles. The van der Waals surface area contributed by atoms with E-state index in [9.17, 15) is 24.7 Å². The van der Waals surface area contributed by atoms with Crippen molar-refractivity contribution in [1.29, 1.82) is 16.1 Å². The summed E-state index contributed by atoms with van der Waals surface area (Å²) in [5, 5.41) is 52.2. The highest BCUT2D eigenvalue weighted by molar-refractivity contribution is 7.20. The van der Waals surface area contributed by atoms with E-state index in [1.807, 2.05) is 6.07 Å². The lowest BCUT2D eigenvalue weighted by Crippen LogP contribution is -2.45. The molecule has 1 aliphatic rings. The number of aldehydes is 1. The molecule has 1 aliphatic heterocycles. The molecule has 4 aromatic rings. The summed E-state index contributed by atoms with van der Waals surface area (Å²) in [4.78, 5) is 17.5. The molecule has 54 heavy (non-hydrogen) atoms. The summed E-state index contributed by atoms with van der Waals surface area (Å²) in [5.41, 5.74) is 1.36. The Morgan fingerprint density at radius 3 is 2.56 bits per heavy atom. The Morgan fingerprint density at radius 2 is 1.91 bits per heavy atom. The minimum absolute atomic E-state index is 0.0824. The van der Waals surface area contributed by atoms with Gasteiger partial charge < -0.3 is 44.5 Å². The number of ether oxygens (including phenoxy) is 3. The lowest BCUT2D eigenvalue weighted by molar-refractivity contribution is -0.222. The summed E-state index contributed by atoms with van der Waals surface area (Å²) < 4.78 is 37.2. The number of nitriles is 1. The van der Waals surface area contributed by atoms with Crippen molar-refractivity contribution in [3.63, 3.8) is 0 Å². The van der Waals surface area contributed by atoms with Crippen LogP contribution in [0.4, 0.5) is 9.39 Å². The second kappa shape index (κ2) is 17.8. The molecule has 0 spiro atoms. The number of rotatable bonds is 16. The van der Waals surface area contributed by atoms with Crippen molar-refractivity contribution in [2.75, 3.05) is 65.3 Å². The molecule has 1 unspecified atom stereocenters. The lowest BCUT2D eigenvalue weighted by atomic mass is 9.95. The molecular formula is C38H40ClFN6O7S. The number of allylic oxidation sites excluding steroid dienone is 1. The van der Waals surface area contributed by atoms with Gasteiger partial charge in [0.05, 0.1) is 32.7 Å². The standard InChI is InChI=1S/C38H40ClFN6O7S/c1-23-25(8-9-28(34(23)39)50-19-18-46-16-14-45(3)15-17-46)32-33(37(44-2)54-35(32)29-10-11-31(40)52-29)36(43)53-30(21-47)38(48,49)26-6-4-5-7-27(26)51-22-24(20-42)12-13-41/h4-13,21,30,41,43-44,48-49H,14-19,22H2,1-3H3/b24-12+,41-13?,43-36?. The predicted molar refractivity (Wildman–Crippen MR) is 204 cm³/mol. The maximum Gasteiger partial charge on any atom is 0.278 e. The van der Waals surface area contributed by atoms with E-state index in [-0.39, 0.29) is 41.1 Å². The van der Waals surface area contributed by atoms with E-state index in [0.29, 0.717) is 43.9 Å². The van der Waals surface area contributed by atoms with Crippen LogP contribution < -0.4 is 14.8 Å². The number of piperazine rings is 1. The van der Waals surface area contributed by atoms with E-state index in [1.165, 1.54) is 30.3 Å². The third-order valence-electron chi connectivity index (χ3n) is 8.90. The number of carbonyl (C=O) groups is 1. The zero-order valence-corrected chi connectivity index (χ0v) is 31.4. The minimum atomic E-state index is -3.03. The SMILES string of the molecule is CNc1sc(-c2ccc(F)o2)c(-c2ccc(OCCN3CCN(C)CC3)c(Cl)c2C)c1C(=N)OC(C=O)C(O)(O)c1ccccc1OC/C(C#N)=C/C=N. The van der Waals surface area contributed by atoms with Crippen LogP contribution >= 0.6 is 22.9 Å². The van der Waals surface area contributed by atoms with Gasteiger partial charge >= 0.3 is 0 Å². The van der Waals surface area contributed by atoms with E-state index in [1.54, 1.807) is 32.2 Å². The van der Waals surface area contributed by atoms with Crippen LogP contribution in [-0.4, -0.2) is 105 Å². The molecule has 1 saturated heterocycles. The number of para-hydroxylation sites is 1. The van der Waals surface area contributed by atoms with Gasteiger partial charge in [-0.1, -0.05) is 29.8 Å². The largest absolute Gasteiger partial charge is 0.491 e. The average Bonchev–Trinajstić information content (AvgIpc) is 3.78. The summed E-state index contributed by atoms with van der Waals surface area (Å²) in [6, 6.07) is 12.8. The van der Waals surface area contributed by atoms with Gasteiger partial charge in [-0.05, 0) is 55.4 Å². The quantitative estimate of drug-likeness (QED) is 0.0310. The molecule has 2 aromatic heterocycles. The summed E-state index contributed by atoms with van der Waals surface area (Å²) in [5.74, 6) is -3.14. The van der Waals surface area contributed by atoms with Crippen LogP contribution in [0.5, 0.6) is 11.5 Å². The van der Waals surface area contributed by atoms with Crippen LogP contribution in [-0.2, 0) is 15.3 Å². The summed E-state index contributed by atoms with van der Waals surface area (Å²) in [7, 11) is 3.70. The number of hydrogen-bond donors (Lipinski definition) is 5. The summed E-state index contributed by atoms with van der Waals surface area (Å²) in [6.45, 7) is 6.45. The number of nitrogens with one attached hydrogen (secondary N) is 3. The van der Waals surface area contributed by atoms with E-state index >= 15 is 0 Å². The molecule has 284 valence electrons. The molecule has 1 fully saturated rings. The minimum Gasteiger partial charge on any atom is -0.491 e. The second-order valence-electron chi connectivity index (χ2n) is 12.4. The lowest BCUT2D eigenvalue weighted by Gasteiger charge is -2.32. The van der Waals surface area contributed by atoms with Crippen LogP contribution in [0.2, 0.25) is 5.02 Å². The molecule has 0 saturated carbocycles. The van der Waals surface area contributed by atoms with Gasteiger partial charge in [-0.25, -0.2) is 0 Å². The Morgan fingerprint density at radius 1 is 1.17 bits per heavy atom. The topological polar surface area (TPSA) is 188 Å². The number of aliphatic hydroxyl groups is 2. The molecule has 5 rings (SSSR count). The molecule has 0 radical (unpaired) electrons. The van der Waals surface area contributed by atoms with Gasteiger partial charge in [0.15, 0.2) is 6.29 Å². The van der Waals surface area contributed by atoms with Crippen molar-refractivity contribution >= 4 is 46.3 Å². The Hall–Kier alpha value is -5.08. The number of nitrogens with zero attached hydrogens (tertiary/aromatic N) is 3. The number of carbonyl (C=O) groups excluding carboxylic acids is 1. The molecule has 13 nitrogen and oxygen atoms in total. The van der Waals surface area contributed by atoms with Gasteiger partial charge in [0.1, 0.15) is 35.5 Å². The highest BCUT2D eigenvalue weighted by atomic mass is 35.5. The second-order valence-corrected chi connectivity index (χ2v) is 13.8. The first-order valence-corrected chi connectivity index (χ1v) is 18.0. The summed E-state index contributed by atoms with van der Waals surface area (Å²) in [6.07, 6.45) is 0.217. The molecule has 2 aromatic carbocycles. The Bertz CT molecular complexity index is 2070. The van der Waals surface area contributed by atoms with Gasteiger partial charge in [-0.3, -0.25) is 15.1 Å². The zero-order valence-electron chi connectivity index (χ0n) is 29.8. The van der Waals surface area contributed by atoms with E-state index in [0.717, 1.165) is 56.3 Å². The van der Waals surface area contributed by atoms with Crippen LogP contribution in [0.3, 0.4) is 0 Å². The Kier molecular flexibility index (Phi) is 13.2. The van der Waals surface area contributed by atoms with Crippen LogP contribution in [0, 0.1) is 35.1 Å². The van der Waals surface area contributed by atoms with Crippen LogP contribution in [0.25, 0.3) is 21.8 Å². The monoisotopic (exact) mass is 778 g/mol. The van der Waals surface area contributed by atoms with Gasteiger partial charge in [0, 0.05) is 57.6 Å². The predicted octanol–water partition coefficient (Wildman–Crippen LogP) is 5.67. The molecule has 1 atom stereocenters. The zero-order chi connectivity index (χ0) is 39.0. The maximum absolute atomic E-state index is 14.2. The fourth-order valence-electron chi connectivity index (χ4n) is 5.90. The molecular weight excluding hydrogens is 739 g/mol. The van der Waals surface area contributed by atoms with Gasteiger partial charge in [-0.15, -0.1) is 11.3 Å². The number of thiophene rings is 1. The van der Waals surface area contributed by atoms with Crippen molar-refractivity contribution < 1.29 is 38.0 Å². The molecule has 16 heteroatoms. The maximum atomic E-state index is 14.2. The van der Waals surface area contributed by atoms with Crippen LogP contribution in [0.1, 0.15) is 16.7 Å². The number of anilines is 1. The highest BCUT2D eigenvalue weighted by Crippen LogP contribution is 2.49. The number of benzene rings is 2. The number of hydrogen-bond acceptors (Lipinski definition) is 14. The molecule has 0 bridgehead atoms. The van der Waals surface area contributed by atoms with Gasteiger partial charge in [0.25, 0.3) is 6.01 Å². The fraction of sp³-hybridized carbons (Fsp3) is 0.316. The van der Waals surface area contributed by atoms with Crippen molar-refractivity contribution in [2.45, 2.75) is 18.8 Å². The van der Waals surface area contributed by atoms with E-state index in [2.05, 4.69) is 22.2 Å². The Labute approximate surface area is 320 Å². The first-order chi connectivity index (χ1) is 25.9. The smallest absolute Gasteiger partial charge is 0.278 e. The van der Waals surface area contributed by atoms with E-state index in [4.69, 9.17) is 41.0 Å². The third kappa shape index (κ3) is 8.82. The molecule has 0 amide bonds. The van der Waals surface area contributed by atoms with Crippen molar-refractivity contribution in [1.82, 2.24) is 9.80 Å². The van der Waals surface area contributed by atoms with E-state index < -0.39 is 23.8 Å². The van der Waals surface area contributed by atoms with Crippen molar-refractivity contribution in [3.8, 4) is 39.3 Å². The molecule has 5 N–H and O–H groups in total. The van der Waals surface area contributed by atoms with Crippen LogP contribution in [0.15, 0.2) is 64.6 Å². The fourth-order valence-corrected chi connectivity index (χ4v) is 7.25. The summed E-state index contributed by atoms with van der Waals surface area (Å²) >= 11 is 8.03. The average molecular weight is 779 g/mol. The number of halogens is 2.